The summed E-state index contributed by atoms with van der Waals surface area (Å²) >= 11 is 0. The average Bonchev–Trinajstić information content (AvgIpc) is 3.08. The number of carbonyl (C=O) groups is 1. The van der Waals surface area contributed by atoms with Crippen LogP contribution in [0.15, 0.2) is 54.6 Å². The van der Waals surface area contributed by atoms with Crippen molar-refractivity contribution in [3.8, 4) is 11.4 Å². The van der Waals surface area contributed by atoms with Gasteiger partial charge in [-0.2, -0.15) is 5.10 Å². The van der Waals surface area contributed by atoms with E-state index in [1.54, 1.807) is 11.8 Å². The summed E-state index contributed by atoms with van der Waals surface area (Å²) in [5, 5.41) is 4.74. The lowest BCUT2D eigenvalue weighted by molar-refractivity contribution is 0.0973. The van der Waals surface area contributed by atoms with Crippen LogP contribution in [0.5, 0.6) is 5.75 Å². The van der Waals surface area contributed by atoms with Crippen molar-refractivity contribution in [2.75, 3.05) is 18.6 Å². The van der Waals surface area contributed by atoms with Gasteiger partial charge in [0.1, 0.15) is 11.4 Å². The third-order valence-electron chi connectivity index (χ3n) is 4.80. The molecule has 0 N–H and O–H groups in total. The van der Waals surface area contributed by atoms with Gasteiger partial charge < -0.3 is 9.64 Å². The number of nitrogens with zero attached hydrogens (tertiary/aromatic N) is 3. The molecule has 0 atom stereocenters. The Labute approximate surface area is 152 Å². The van der Waals surface area contributed by atoms with Gasteiger partial charge in [-0.3, -0.25) is 4.79 Å². The van der Waals surface area contributed by atoms with Crippen LogP contribution in [0.25, 0.3) is 5.69 Å². The molecule has 0 saturated carbocycles. The lowest BCUT2D eigenvalue weighted by Gasteiger charge is -2.28. The van der Waals surface area contributed by atoms with Gasteiger partial charge in [0.25, 0.3) is 5.91 Å². The predicted octanol–water partition coefficient (Wildman–Crippen LogP) is 3.65. The maximum Gasteiger partial charge on any atom is 0.277 e. The van der Waals surface area contributed by atoms with E-state index in [4.69, 9.17) is 9.84 Å². The highest BCUT2D eigenvalue weighted by Gasteiger charge is 2.32. The summed E-state index contributed by atoms with van der Waals surface area (Å²) in [6.07, 6.45) is 1.61. The number of para-hydroxylation sites is 1. The minimum atomic E-state index is -0.0180. The van der Waals surface area contributed by atoms with Crippen LogP contribution in [0.2, 0.25) is 0 Å². The molecule has 26 heavy (non-hydrogen) atoms. The number of anilines is 1. The molecule has 0 saturated heterocycles. The normalized spacial score (nSPS) is 13.6. The number of aromatic nitrogens is 2. The van der Waals surface area contributed by atoms with Crippen LogP contribution in [0.3, 0.4) is 0 Å². The molecule has 4 rings (SSSR count). The van der Waals surface area contributed by atoms with Crippen molar-refractivity contribution in [3.05, 3.63) is 71.5 Å². The predicted molar refractivity (Wildman–Crippen MR) is 101 cm³/mol. The molecule has 0 spiro atoms. The number of amides is 1. The van der Waals surface area contributed by atoms with Crippen LogP contribution in [0.4, 0.5) is 5.69 Å². The van der Waals surface area contributed by atoms with Crippen LogP contribution >= 0.6 is 0 Å². The highest BCUT2D eigenvalue weighted by atomic mass is 16.5. The fourth-order valence-corrected chi connectivity index (χ4v) is 3.50. The first kappa shape index (κ1) is 16.4. The van der Waals surface area contributed by atoms with E-state index >= 15 is 0 Å². The van der Waals surface area contributed by atoms with Gasteiger partial charge in [-0.15, -0.1) is 0 Å². The summed E-state index contributed by atoms with van der Waals surface area (Å²) in [6, 6.07) is 17.5. The van der Waals surface area contributed by atoms with E-state index in [2.05, 4.69) is 6.92 Å². The van der Waals surface area contributed by atoms with Crippen LogP contribution in [0.1, 0.15) is 28.7 Å². The summed E-state index contributed by atoms with van der Waals surface area (Å²) in [7, 11) is 1.63. The molecule has 0 fully saturated rings. The maximum absolute atomic E-state index is 13.4. The van der Waals surface area contributed by atoms with E-state index in [9.17, 15) is 4.79 Å². The Kier molecular flexibility index (Phi) is 4.21. The zero-order chi connectivity index (χ0) is 18.1. The van der Waals surface area contributed by atoms with Crippen LogP contribution in [-0.2, 0) is 12.8 Å². The number of rotatable bonds is 4. The molecule has 1 amide bonds. The summed E-state index contributed by atoms with van der Waals surface area (Å²) in [4.78, 5) is 15.2. The molecule has 1 aliphatic heterocycles. The lowest BCUT2D eigenvalue weighted by Crippen LogP contribution is -2.38. The van der Waals surface area contributed by atoms with Gasteiger partial charge in [0.05, 0.1) is 18.5 Å². The SMILES string of the molecule is CCc1nn(-c2ccccc2)c2c1CCN(c1cccc(OC)c1)C2=O. The van der Waals surface area contributed by atoms with Gasteiger partial charge in [-0.05, 0) is 37.1 Å². The molecule has 0 aliphatic carbocycles. The van der Waals surface area contributed by atoms with Gasteiger partial charge >= 0.3 is 0 Å². The van der Waals surface area contributed by atoms with E-state index in [0.29, 0.717) is 12.2 Å². The number of benzene rings is 2. The minimum Gasteiger partial charge on any atom is -0.497 e. The minimum absolute atomic E-state index is 0.0180. The Morgan fingerprint density at radius 1 is 1.08 bits per heavy atom. The molecule has 3 aromatic rings. The zero-order valence-electron chi connectivity index (χ0n) is 15.0. The molecule has 5 heteroatoms. The fraction of sp³-hybridized carbons (Fsp3) is 0.238. The number of ether oxygens (including phenoxy) is 1. The maximum atomic E-state index is 13.4. The van der Waals surface area contributed by atoms with Crippen LogP contribution in [-0.4, -0.2) is 29.3 Å². The van der Waals surface area contributed by atoms with Gasteiger partial charge in [0.2, 0.25) is 0 Å². The van der Waals surface area contributed by atoms with E-state index in [-0.39, 0.29) is 5.91 Å². The Morgan fingerprint density at radius 2 is 1.85 bits per heavy atom. The Morgan fingerprint density at radius 3 is 2.58 bits per heavy atom. The van der Waals surface area contributed by atoms with Gasteiger partial charge in [-0.25, -0.2) is 4.68 Å². The van der Waals surface area contributed by atoms with Crippen molar-refractivity contribution < 1.29 is 9.53 Å². The number of carbonyl (C=O) groups excluding carboxylic acids is 1. The average molecular weight is 347 g/mol. The second-order valence-corrected chi connectivity index (χ2v) is 6.28. The second kappa shape index (κ2) is 6.67. The molecule has 5 nitrogen and oxygen atoms in total. The number of fused-ring (bicyclic) bond motifs is 1. The lowest BCUT2D eigenvalue weighted by atomic mass is 10.0. The second-order valence-electron chi connectivity index (χ2n) is 6.28. The van der Waals surface area contributed by atoms with Gasteiger partial charge in [0, 0.05) is 23.9 Å². The summed E-state index contributed by atoms with van der Waals surface area (Å²) in [5.74, 6) is 0.725. The summed E-state index contributed by atoms with van der Waals surface area (Å²) < 4.78 is 7.10. The number of hydrogen-bond acceptors (Lipinski definition) is 3. The summed E-state index contributed by atoms with van der Waals surface area (Å²) in [6.45, 7) is 2.73. The smallest absolute Gasteiger partial charge is 0.277 e. The quantitative estimate of drug-likeness (QED) is 0.724. The third-order valence-corrected chi connectivity index (χ3v) is 4.80. The third kappa shape index (κ3) is 2.65. The van der Waals surface area contributed by atoms with Crippen molar-refractivity contribution in [3.63, 3.8) is 0 Å². The highest BCUT2D eigenvalue weighted by Crippen LogP contribution is 2.30. The van der Waals surface area contributed by atoms with E-state index in [1.807, 2.05) is 59.5 Å². The fourth-order valence-electron chi connectivity index (χ4n) is 3.50. The molecular weight excluding hydrogens is 326 g/mol. The molecule has 1 aromatic heterocycles. The van der Waals surface area contributed by atoms with Crippen LogP contribution in [0, 0.1) is 0 Å². The molecule has 2 heterocycles. The van der Waals surface area contributed by atoms with Crippen molar-refractivity contribution >= 4 is 11.6 Å². The van der Waals surface area contributed by atoms with E-state index in [1.165, 1.54) is 0 Å². The Hall–Kier alpha value is -3.08. The summed E-state index contributed by atoms with van der Waals surface area (Å²) in [5.41, 5.74) is 4.49. The van der Waals surface area contributed by atoms with Crippen molar-refractivity contribution in [1.82, 2.24) is 9.78 Å². The number of methoxy groups -OCH3 is 1. The highest BCUT2D eigenvalue weighted by molar-refractivity contribution is 6.07. The first-order chi connectivity index (χ1) is 12.7. The first-order valence-electron chi connectivity index (χ1n) is 8.85. The topological polar surface area (TPSA) is 47.4 Å². The van der Waals surface area contributed by atoms with Gasteiger partial charge in [-0.1, -0.05) is 31.2 Å². The molecule has 0 bridgehead atoms. The molecule has 1 aliphatic rings. The van der Waals surface area contributed by atoms with Crippen molar-refractivity contribution in [1.29, 1.82) is 0 Å². The monoisotopic (exact) mass is 347 g/mol. The molecular formula is C21H21N3O2. The molecule has 132 valence electrons. The van der Waals surface area contributed by atoms with Crippen molar-refractivity contribution in [2.45, 2.75) is 19.8 Å². The van der Waals surface area contributed by atoms with E-state index < -0.39 is 0 Å². The standard InChI is InChI=1S/C21H21N3O2/c1-3-19-18-12-13-23(16-10-7-11-17(14-16)26-2)21(25)20(18)24(22-19)15-8-5-4-6-9-15/h4-11,14H,3,12-13H2,1-2H3. The zero-order valence-corrected chi connectivity index (χ0v) is 15.0. The Bertz CT molecular complexity index is 947. The molecule has 2 aromatic carbocycles. The number of hydrogen-bond donors (Lipinski definition) is 0. The molecule has 0 radical (unpaired) electrons. The Balaban J connectivity index is 1.81. The van der Waals surface area contributed by atoms with Crippen molar-refractivity contribution in [2.24, 2.45) is 0 Å². The largest absolute Gasteiger partial charge is 0.497 e. The van der Waals surface area contributed by atoms with Crippen LogP contribution < -0.4 is 9.64 Å². The first-order valence-corrected chi connectivity index (χ1v) is 8.85. The van der Waals surface area contributed by atoms with E-state index in [0.717, 1.165) is 41.2 Å². The molecule has 0 unspecified atom stereocenters. The number of aryl methyl sites for hydroxylation is 1. The van der Waals surface area contributed by atoms with Gasteiger partial charge in [0.15, 0.2) is 0 Å².